The molecule has 282 valence electrons. The minimum Gasteiger partial charge on any atom is -0.462 e. The molecule has 0 aliphatic heterocycles. The molecule has 2 atom stereocenters. The highest BCUT2D eigenvalue weighted by Crippen LogP contribution is 2.43. The van der Waals surface area contributed by atoms with Gasteiger partial charge in [-0.3, -0.25) is 18.6 Å². The number of allylic oxidation sites excluding steroid dienone is 4. The Balaban J connectivity index is 4.25. The number of hydrogen-bond donors (Lipinski definition) is 1. The Morgan fingerprint density at radius 3 is 1.69 bits per heavy atom. The molecule has 0 saturated carbocycles. The summed E-state index contributed by atoms with van der Waals surface area (Å²) in [5.41, 5.74) is 0. The Hall–Kier alpha value is -1.51. The minimum atomic E-state index is -4.36. The number of hydrogen-bond acceptors (Lipinski definition) is 7. The summed E-state index contributed by atoms with van der Waals surface area (Å²) in [6.45, 7) is 4.28. The van der Waals surface area contributed by atoms with Gasteiger partial charge in [0.05, 0.1) is 27.7 Å². The molecule has 1 N–H and O–H groups in total. The first-order valence-corrected chi connectivity index (χ1v) is 20.6. The van der Waals surface area contributed by atoms with Gasteiger partial charge in [-0.2, -0.15) is 0 Å². The van der Waals surface area contributed by atoms with Crippen LogP contribution in [-0.2, 0) is 32.7 Å². The van der Waals surface area contributed by atoms with E-state index >= 15 is 0 Å². The van der Waals surface area contributed by atoms with E-state index in [2.05, 4.69) is 38.2 Å². The lowest BCUT2D eigenvalue weighted by molar-refractivity contribution is -0.870. The average molecular weight is 703 g/mol. The lowest BCUT2D eigenvalue weighted by atomic mass is 10.1. The molecule has 0 aliphatic carbocycles. The number of phosphoric ester groups is 1. The second kappa shape index (κ2) is 31.5. The molecule has 0 aromatic rings. The van der Waals surface area contributed by atoms with Crippen molar-refractivity contribution in [1.29, 1.82) is 0 Å². The maximum atomic E-state index is 12.6. The van der Waals surface area contributed by atoms with Crippen LogP contribution >= 0.6 is 7.82 Å². The Morgan fingerprint density at radius 1 is 0.646 bits per heavy atom. The molecule has 48 heavy (non-hydrogen) atoms. The first-order valence-electron chi connectivity index (χ1n) is 19.1. The third-order valence-corrected chi connectivity index (χ3v) is 8.97. The van der Waals surface area contributed by atoms with Gasteiger partial charge in [-0.25, -0.2) is 4.57 Å². The van der Waals surface area contributed by atoms with Gasteiger partial charge < -0.3 is 18.9 Å². The van der Waals surface area contributed by atoms with Gasteiger partial charge in [0.15, 0.2) is 6.10 Å². The number of phosphoric acid groups is 1. The number of ether oxygens (including phenoxy) is 2. The fraction of sp³-hybridized carbons (Fsp3) is 0.842. The maximum absolute atomic E-state index is 12.6. The highest BCUT2D eigenvalue weighted by molar-refractivity contribution is 7.47. The zero-order valence-corrected chi connectivity index (χ0v) is 32.4. The van der Waals surface area contributed by atoms with Crippen LogP contribution in [0.25, 0.3) is 0 Å². The standard InChI is InChI=1S/C38H72NO8P/c1-6-8-10-12-13-14-15-16-17-18-19-20-21-22-23-24-25-27-29-31-38(41)47-36(34-44-37(40)30-28-26-11-9-7-2)35-46-48(42,43)45-33-32-39(3,4)5/h13-14,16-17,36H,6-12,15,18-35H2,1-5H3/p+1/b14-13-,17-16-. The van der Waals surface area contributed by atoms with Gasteiger partial charge in [0.1, 0.15) is 19.8 Å². The highest BCUT2D eigenvalue weighted by Gasteiger charge is 2.27. The fourth-order valence-corrected chi connectivity index (χ4v) is 5.67. The highest BCUT2D eigenvalue weighted by atomic mass is 31.2. The second-order valence-corrected chi connectivity index (χ2v) is 15.4. The summed E-state index contributed by atoms with van der Waals surface area (Å²) in [5.74, 6) is -0.817. The third kappa shape index (κ3) is 34.4. The average Bonchev–Trinajstić information content (AvgIpc) is 3.02. The van der Waals surface area contributed by atoms with Crippen molar-refractivity contribution in [3.05, 3.63) is 24.3 Å². The van der Waals surface area contributed by atoms with Crippen LogP contribution in [-0.4, -0.2) is 74.9 Å². The summed E-state index contributed by atoms with van der Waals surface area (Å²) < 4.78 is 33.9. The van der Waals surface area contributed by atoms with Crippen molar-refractivity contribution in [3.63, 3.8) is 0 Å². The van der Waals surface area contributed by atoms with Crippen molar-refractivity contribution in [3.8, 4) is 0 Å². The summed E-state index contributed by atoms with van der Waals surface area (Å²) >= 11 is 0. The normalized spacial score (nSPS) is 14.0. The van der Waals surface area contributed by atoms with Crippen molar-refractivity contribution in [2.75, 3.05) is 47.5 Å². The molecule has 9 nitrogen and oxygen atoms in total. The largest absolute Gasteiger partial charge is 0.472 e. The van der Waals surface area contributed by atoms with Gasteiger partial charge in [0.2, 0.25) is 0 Å². The van der Waals surface area contributed by atoms with Crippen molar-refractivity contribution in [2.24, 2.45) is 0 Å². The quantitative estimate of drug-likeness (QED) is 0.0232. The Bertz CT molecular complexity index is 886. The molecule has 0 rings (SSSR count). The lowest BCUT2D eigenvalue weighted by Gasteiger charge is -2.24. The zero-order chi connectivity index (χ0) is 35.8. The number of rotatable bonds is 34. The predicted octanol–water partition coefficient (Wildman–Crippen LogP) is 10.0. The molecule has 0 aromatic carbocycles. The van der Waals surface area contributed by atoms with Gasteiger partial charge in [-0.1, -0.05) is 122 Å². The van der Waals surface area contributed by atoms with E-state index in [-0.39, 0.29) is 32.0 Å². The molecule has 2 unspecified atom stereocenters. The first-order chi connectivity index (χ1) is 23.0. The van der Waals surface area contributed by atoms with E-state index in [9.17, 15) is 19.0 Å². The van der Waals surface area contributed by atoms with E-state index in [1.807, 2.05) is 21.1 Å². The molecule has 0 aromatic heterocycles. The molecule has 0 fully saturated rings. The first kappa shape index (κ1) is 46.5. The van der Waals surface area contributed by atoms with Crippen LogP contribution < -0.4 is 0 Å². The van der Waals surface area contributed by atoms with Crippen LogP contribution in [0.5, 0.6) is 0 Å². The smallest absolute Gasteiger partial charge is 0.462 e. The number of carbonyl (C=O) groups excluding carboxylic acids is 2. The Kier molecular flexibility index (Phi) is 30.5. The molecule has 0 amide bonds. The molecule has 0 heterocycles. The van der Waals surface area contributed by atoms with E-state index in [0.717, 1.165) is 64.2 Å². The number of carbonyl (C=O) groups is 2. The van der Waals surface area contributed by atoms with Gasteiger partial charge in [0.25, 0.3) is 0 Å². The Morgan fingerprint density at radius 2 is 1.12 bits per heavy atom. The Labute approximate surface area is 294 Å². The van der Waals surface area contributed by atoms with Gasteiger partial charge >= 0.3 is 19.8 Å². The van der Waals surface area contributed by atoms with E-state index in [0.29, 0.717) is 17.4 Å². The van der Waals surface area contributed by atoms with E-state index < -0.39 is 26.5 Å². The van der Waals surface area contributed by atoms with E-state index in [4.69, 9.17) is 18.5 Å². The molecular formula is C38H73NO8P+. The molecular weight excluding hydrogens is 629 g/mol. The maximum Gasteiger partial charge on any atom is 0.472 e. The summed E-state index contributed by atoms with van der Waals surface area (Å²) in [6.07, 6.45) is 31.2. The SMILES string of the molecule is CCCCC/C=C\C/C=C\CCCCCCCCCCCC(=O)OC(COC(=O)CCCCCCC)COP(=O)(O)OCC[N+](C)(C)C. The van der Waals surface area contributed by atoms with Crippen molar-refractivity contribution in [1.82, 2.24) is 0 Å². The van der Waals surface area contributed by atoms with Crippen LogP contribution in [0.1, 0.15) is 155 Å². The van der Waals surface area contributed by atoms with Crippen LogP contribution in [0, 0.1) is 0 Å². The number of esters is 2. The van der Waals surface area contributed by atoms with Crippen LogP contribution in [0.2, 0.25) is 0 Å². The predicted molar refractivity (Wildman–Crippen MR) is 197 cm³/mol. The molecule has 0 radical (unpaired) electrons. The third-order valence-electron chi connectivity index (χ3n) is 7.98. The zero-order valence-electron chi connectivity index (χ0n) is 31.5. The number of likely N-dealkylation sites (N-methyl/N-ethyl adjacent to an activating group) is 1. The van der Waals surface area contributed by atoms with Crippen molar-refractivity contribution < 1.29 is 42.1 Å². The lowest BCUT2D eigenvalue weighted by Crippen LogP contribution is -2.37. The number of nitrogens with zero attached hydrogens (tertiary/aromatic N) is 1. The molecule has 10 heteroatoms. The summed E-state index contributed by atoms with van der Waals surface area (Å²) in [7, 11) is 1.47. The topological polar surface area (TPSA) is 108 Å². The summed E-state index contributed by atoms with van der Waals surface area (Å²) in [5, 5.41) is 0. The summed E-state index contributed by atoms with van der Waals surface area (Å²) in [6, 6.07) is 0. The van der Waals surface area contributed by atoms with Gasteiger partial charge in [-0.15, -0.1) is 0 Å². The van der Waals surface area contributed by atoms with Crippen molar-refractivity contribution in [2.45, 2.75) is 161 Å². The van der Waals surface area contributed by atoms with Crippen LogP contribution in [0.3, 0.4) is 0 Å². The minimum absolute atomic E-state index is 0.0317. The molecule has 0 bridgehead atoms. The fourth-order valence-electron chi connectivity index (χ4n) is 4.92. The second-order valence-electron chi connectivity index (χ2n) is 14.0. The number of quaternary nitrogens is 1. The summed E-state index contributed by atoms with van der Waals surface area (Å²) in [4.78, 5) is 34.9. The van der Waals surface area contributed by atoms with E-state index in [1.165, 1.54) is 57.8 Å². The molecule has 0 spiro atoms. The van der Waals surface area contributed by atoms with Crippen molar-refractivity contribution >= 4 is 19.8 Å². The molecule has 0 saturated heterocycles. The van der Waals surface area contributed by atoms with E-state index in [1.54, 1.807) is 0 Å². The van der Waals surface area contributed by atoms with Crippen LogP contribution in [0.15, 0.2) is 24.3 Å². The number of unbranched alkanes of at least 4 members (excludes halogenated alkanes) is 16. The molecule has 0 aliphatic rings. The van der Waals surface area contributed by atoms with Gasteiger partial charge in [0, 0.05) is 12.8 Å². The monoisotopic (exact) mass is 703 g/mol. The van der Waals surface area contributed by atoms with Crippen LogP contribution in [0.4, 0.5) is 0 Å². The van der Waals surface area contributed by atoms with Gasteiger partial charge in [-0.05, 0) is 44.9 Å².